The molecule has 0 radical (unpaired) electrons. The maximum atomic E-state index is 13.2. The minimum atomic E-state index is -1.19. The molecule has 4 atom stereocenters. The summed E-state index contributed by atoms with van der Waals surface area (Å²) >= 11 is 1.47. The molecule has 0 saturated carbocycles. The van der Waals surface area contributed by atoms with Crippen molar-refractivity contribution in [1.82, 2.24) is 16.0 Å². The molecule has 0 aliphatic heterocycles. The van der Waals surface area contributed by atoms with Gasteiger partial charge in [-0.05, 0) is 48.6 Å². The molecule has 0 spiro atoms. The predicted molar refractivity (Wildman–Crippen MR) is 142 cm³/mol. The van der Waals surface area contributed by atoms with Crippen LogP contribution in [0.3, 0.4) is 0 Å². The van der Waals surface area contributed by atoms with E-state index in [4.69, 9.17) is 5.73 Å². The minimum Gasteiger partial charge on any atom is -0.508 e. The average molecular weight is 531 g/mol. The second-order valence-electron chi connectivity index (χ2n) is 8.65. The number of phenolic OH excluding ortho intramolecular Hbond substituents is 1. The van der Waals surface area contributed by atoms with Crippen molar-refractivity contribution in [2.24, 2.45) is 5.73 Å². The molecule has 37 heavy (non-hydrogen) atoms. The summed E-state index contributed by atoms with van der Waals surface area (Å²) in [5, 5.41) is 27.0. The third kappa shape index (κ3) is 10.1. The lowest BCUT2D eigenvalue weighted by atomic mass is 10.0. The molecular formula is C26H34N4O6S. The fourth-order valence-electron chi connectivity index (χ4n) is 3.48. The van der Waals surface area contributed by atoms with Gasteiger partial charge in [-0.3, -0.25) is 14.4 Å². The number of hydrogen-bond donors (Lipinski definition) is 6. The quantitative estimate of drug-likeness (QED) is 0.208. The van der Waals surface area contributed by atoms with Crippen molar-refractivity contribution < 1.29 is 29.4 Å². The number of thioether (sulfide) groups is 1. The first-order chi connectivity index (χ1) is 17.6. The zero-order valence-electron chi connectivity index (χ0n) is 20.8. The monoisotopic (exact) mass is 530 g/mol. The van der Waals surface area contributed by atoms with Gasteiger partial charge < -0.3 is 31.9 Å². The van der Waals surface area contributed by atoms with Crippen molar-refractivity contribution in [2.75, 3.05) is 12.0 Å². The SMILES string of the molecule is CSCCC(NC(=O)C(Cc1ccc(O)cc1)NC(=O)C(C)N)C(=O)NC(Cc1ccccc1)C(=O)O. The highest BCUT2D eigenvalue weighted by Crippen LogP contribution is 2.12. The van der Waals surface area contributed by atoms with Crippen LogP contribution in [0.4, 0.5) is 0 Å². The fraction of sp³-hybridized carbons (Fsp3) is 0.385. The minimum absolute atomic E-state index is 0.0571. The number of aromatic hydroxyl groups is 1. The van der Waals surface area contributed by atoms with Gasteiger partial charge in [-0.2, -0.15) is 11.8 Å². The molecule has 0 aliphatic carbocycles. The molecule has 2 rings (SSSR count). The highest BCUT2D eigenvalue weighted by molar-refractivity contribution is 7.98. The van der Waals surface area contributed by atoms with Crippen molar-refractivity contribution in [3.05, 3.63) is 65.7 Å². The number of carbonyl (C=O) groups is 4. The number of phenols is 1. The van der Waals surface area contributed by atoms with Crippen LogP contribution in [0.1, 0.15) is 24.5 Å². The van der Waals surface area contributed by atoms with Gasteiger partial charge in [0.25, 0.3) is 0 Å². The van der Waals surface area contributed by atoms with Crippen molar-refractivity contribution >= 4 is 35.5 Å². The van der Waals surface area contributed by atoms with Crippen molar-refractivity contribution in [3.63, 3.8) is 0 Å². The molecule has 11 heteroatoms. The van der Waals surface area contributed by atoms with Gasteiger partial charge in [0, 0.05) is 12.8 Å². The summed E-state index contributed by atoms with van der Waals surface area (Å²) in [5.74, 6) is -2.39. The molecule has 2 aromatic rings. The Morgan fingerprint density at radius 1 is 0.811 bits per heavy atom. The lowest BCUT2D eigenvalue weighted by Crippen LogP contribution is -2.57. The van der Waals surface area contributed by atoms with Crippen LogP contribution < -0.4 is 21.7 Å². The Balaban J connectivity index is 2.19. The summed E-state index contributed by atoms with van der Waals surface area (Å²) in [5.41, 5.74) is 7.07. The number of aliphatic carboxylic acids is 1. The van der Waals surface area contributed by atoms with Gasteiger partial charge in [-0.1, -0.05) is 42.5 Å². The van der Waals surface area contributed by atoms with Gasteiger partial charge in [-0.15, -0.1) is 0 Å². The van der Waals surface area contributed by atoms with Gasteiger partial charge in [0.15, 0.2) is 0 Å². The van der Waals surface area contributed by atoms with E-state index >= 15 is 0 Å². The molecule has 10 nitrogen and oxygen atoms in total. The van der Waals surface area contributed by atoms with Gasteiger partial charge in [0.2, 0.25) is 17.7 Å². The summed E-state index contributed by atoms with van der Waals surface area (Å²) in [6.45, 7) is 1.48. The first kappa shape index (κ1) is 29.7. The van der Waals surface area contributed by atoms with Gasteiger partial charge in [0.05, 0.1) is 6.04 Å². The van der Waals surface area contributed by atoms with E-state index in [1.165, 1.54) is 30.8 Å². The molecule has 0 saturated heterocycles. The highest BCUT2D eigenvalue weighted by Gasteiger charge is 2.30. The normalized spacial score (nSPS) is 14.0. The number of amides is 3. The molecule has 3 amide bonds. The number of nitrogens with two attached hydrogens (primary N) is 1. The summed E-state index contributed by atoms with van der Waals surface area (Å²) in [7, 11) is 0. The van der Waals surface area contributed by atoms with E-state index in [1.807, 2.05) is 12.3 Å². The summed E-state index contributed by atoms with van der Waals surface area (Å²) in [4.78, 5) is 50.5. The number of carboxylic acid groups (broad SMARTS) is 1. The summed E-state index contributed by atoms with van der Waals surface area (Å²) in [6.07, 6.45) is 2.28. The number of rotatable bonds is 14. The zero-order valence-corrected chi connectivity index (χ0v) is 21.7. The molecular weight excluding hydrogens is 496 g/mol. The molecule has 2 aromatic carbocycles. The van der Waals surface area contributed by atoms with Crippen LogP contribution in [0, 0.1) is 0 Å². The van der Waals surface area contributed by atoms with Gasteiger partial charge >= 0.3 is 5.97 Å². The van der Waals surface area contributed by atoms with Crippen molar-refractivity contribution in [1.29, 1.82) is 0 Å². The van der Waals surface area contributed by atoms with E-state index < -0.39 is 47.9 Å². The highest BCUT2D eigenvalue weighted by atomic mass is 32.2. The van der Waals surface area contributed by atoms with Crippen molar-refractivity contribution in [2.45, 2.75) is 50.4 Å². The Hall–Kier alpha value is -3.57. The molecule has 0 bridgehead atoms. The fourth-order valence-corrected chi connectivity index (χ4v) is 3.95. The van der Waals surface area contributed by atoms with Crippen LogP contribution in [0.5, 0.6) is 5.75 Å². The number of benzene rings is 2. The topological polar surface area (TPSA) is 171 Å². The van der Waals surface area contributed by atoms with E-state index in [0.717, 1.165) is 5.56 Å². The number of nitrogens with one attached hydrogen (secondary N) is 3. The Bertz CT molecular complexity index is 1050. The summed E-state index contributed by atoms with van der Waals surface area (Å²) in [6, 6.07) is 11.0. The van der Waals surface area contributed by atoms with Crippen LogP contribution in [0.15, 0.2) is 54.6 Å². The van der Waals surface area contributed by atoms with Crippen LogP contribution in [-0.2, 0) is 32.0 Å². The van der Waals surface area contributed by atoms with Gasteiger partial charge in [-0.25, -0.2) is 4.79 Å². The molecule has 4 unspecified atom stereocenters. The second kappa shape index (κ2) is 14.9. The Morgan fingerprint density at radius 3 is 1.89 bits per heavy atom. The number of carbonyl (C=O) groups excluding carboxylic acids is 3. The largest absolute Gasteiger partial charge is 0.508 e. The maximum Gasteiger partial charge on any atom is 0.326 e. The lowest BCUT2D eigenvalue weighted by Gasteiger charge is -2.25. The van der Waals surface area contributed by atoms with E-state index in [9.17, 15) is 29.4 Å². The van der Waals surface area contributed by atoms with E-state index in [1.54, 1.807) is 36.4 Å². The summed E-state index contributed by atoms with van der Waals surface area (Å²) < 4.78 is 0. The Kier molecular flexibility index (Phi) is 11.9. The number of hydrogen-bond acceptors (Lipinski definition) is 7. The molecule has 0 aliphatic rings. The molecule has 7 N–H and O–H groups in total. The van der Waals surface area contributed by atoms with Crippen LogP contribution >= 0.6 is 11.8 Å². The zero-order chi connectivity index (χ0) is 27.4. The molecule has 0 fully saturated rings. The van der Waals surface area contributed by atoms with Crippen LogP contribution in [0.2, 0.25) is 0 Å². The van der Waals surface area contributed by atoms with E-state index in [0.29, 0.717) is 11.3 Å². The van der Waals surface area contributed by atoms with Crippen LogP contribution in [0.25, 0.3) is 0 Å². The van der Waals surface area contributed by atoms with E-state index in [2.05, 4.69) is 16.0 Å². The average Bonchev–Trinajstić information content (AvgIpc) is 2.87. The molecule has 200 valence electrons. The third-order valence-corrected chi connectivity index (χ3v) is 6.21. The van der Waals surface area contributed by atoms with Crippen molar-refractivity contribution in [3.8, 4) is 5.75 Å². The molecule has 0 aromatic heterocycles. The maximum absolute atomic E-state index is 13.2. The first-order valence-electron chi connectivity index (χ1n) is 11.8. The first-order valence-corrected chi connectivity index (χ1v) is 13.2. The number of carboxylic acids is 1. The third-order valence-electron chi connectivity index (χ3n) is 5.56. The van der Waals surface area contributed by atoms with Gasteiger partial charge in [0.1, 0.15) is 23.9 Å². The Labute approximate surface area is 220 Å². The Morgan fingerprint density at radius 2 is 1.32 bits per heavy atom. The molecule has 0 heterocycles. The standard InChI is InChI=1S/C26H34N4O6S/c1-16(27)23(32)29-21(14-18-8-10-19(31)11-9-18)25(34)28-20(12-13-37-2)24(33)30-22(26(35)36)15-17-6-4-3-5-7-17/h3-11,16,20-22,31H,12-15,27H2,1-2H3,(H,28,34)(H,29,32)(H,30,33)(H,35,36). The lowest BCUT2D eigenvalue weighted by molar-refractivity contribution is -0.142. The van der Waals surface area contributed by atoms with Crippen LogP contribution in [-0.4, -0.2) is 70.1 Å². The second-order valence-corrected chi connectivity index (χ2v) is 9.64. The smallest absolute Gasteiger partial charge is 0.326 e. The predicted octanol–water partition coefficient (Wildman–Crippen LogP) is 0.817. The van der Waals surface area contributed by atoms with E-state index in [-0.39, 0.29) is 25.0 Å².